The SMILES string of the molecule is OCc1cccc(C2CCN(c3cnc(N4CCOCC4)nc3)CC2)c1F. The van der Waals surface area contributed by atoms with Gasteiger partial charge < -0.3 is 19.6 Å². The van der Waals surface area contributed by atoms with Gasteiger partial charge in [0.05, 0.1) is 37.9 Å². The van der Waals surface area contributed by atoms with Crippen molar-refractivity contribution >= 4 is 11.6 Å². The first-order valence-corrected chi connectivity index (χ1v) is 9.54. The van der Waals surface area contributed by atoms with E-state index in [-0.39, 0.29) is 18.3 Å². The van der Waals surface area contributed by atoms with E-state index in [1.54, 1.807) is 6.07 Å². The molecule has 4 rings (SSSR count). The number of anilines is 2. The summed E-state index contributed by atoms with van der Waals surface area (Å²) in [7, 11) is 0. The molecule has 27 heavy (non-hydrogen) atoms. The molecule has 1 aromatic heterocycles. The molecule has 2 aromatic rings. The summed E-state index contributed by atoms with van der Waals surface area (Å²) in [6.07, 6.45) is 5.50. The summed E-state index contributed by atoms with van der Waals surface area (Å²) in [5.41, 5.74) is 2.11. The third kappa shape index (κ3) is 3.89. The third-order valence-electron chi connectivity index (χ3n) is 5.50. The van der Waals surface area contributed by atoms with Crippen LogP contribution in [0.3, 0.4) is 0 Å². The number of benzene rings is 1. The molecule has 2 fully saturated rings. The van der Waals surface area contributed by atoms with Crippen molar-refractivity contribution in [2.45, 2.75) is 25.4 Å². The van der Waals surface area contributed by atoms with Crippen LogP contribution in [0.5, 0.6) is 0 Å². The fraction of sp³-hybridized carbons (Fsp3) is 0.500. The summed E-state index contributed by atoms with van der Waals surface area (Å²) in [5.74, 6) is 0.678. The van der Waals surface area contributed by atoms with Crippen LogP contribution in [-0.4, -0.2) is 54.5 Å². The molecule has 0 bridgehead atoms. The average molecular weight is 372 g/mol. The maximum absolute atomic E-state index is 14.5. The average Bonchev–Trinajstić information content (AvgIpc) is 2.75. The van der Waals surface area contributed by atoms with Crippen LogP contribution in [0.2, 0.25) is 0 Å². The van der Waals surface area contributed by atoms with Gasteiger partial charge in [-0.2, -0.15) is 0 Å². The van der Waals surface area contributed by atoms with E-state index in [0.29, 0.717) is 18.8 Å². The zero-order valence-electron chi connectivity index (χ0n) is 15.4. The van der Waals surface area contributed by atoms with Gasteiger partial charge >= 0.3 is 0 Å². The lowest BCUT2D eigenvalue weighted by atomic mass is 9.88. The summed E-state index contributed by atoms with van der Waals surface area (Å²) in [4.78, 5) is 13.4. The molecule has 0 saturated carbocycles. The zero-order chi connectivity index (χ0) is 18.6. The summed E-state index contributed by atoms with van der Waals surface area (Å²) < 4.78 is 19.9. The number of hydrogen-bond donors (Lipinski definition) is 1. The highest BCUT2D eigenvalue weighted by molar-refractivity contribution is 5.46. The predicted molar refractivity (Wildman–Crippen MR) is 102 cm³/mol. The van der Waals surface area contributed by atoms with Gasteiger partial charge in [-0.05, 0) is 24.3 Å². The van der Waals surface area contributed by atoms with E-state index in [1.807, 2.05) is 24.5 Å². The van der Waals surface area contributed by atoms with Gasteiger partial charge in [-0.3, -0.25) is 0 Å². The first-order chi connectivity index (χ1) is 13.3. The molecule has 2 aliphatic rings. The molecule has 1 aromatic carbocycles. The smallest absolute Gasteiger partial charge is 0.225 e. The van der Waals surface area contributed by atoms with Gasteiger partial charge in [0.2, 0.25) is 5.95 Å². The number of morpholine rings is 1. The monoisotopic (exact) mass is 372 g/mol. The Bertz CT molecular complexity index is 757. The molecular weight excluding hydrogens is 347 g/mol. The van der Waals surface area contributed by atoms with Crippen molar-refractivity contribution in [2.75, 3.05) is 49.2 Å². The van der Waals surface area contributed by atoms with Crippen LogP contribution in [0, 0.1) is 5.82 Å². The Morgan fingerprint density at radius 1 is 1.04 bits per heavy atom. The normalized spacial score (nSPS) is 18.7. The Balaban J connectivity index is 1.39. The van der Waals surface area contributed by atoms with E-state index >= 15 is 0 Å². The molecule has 0 amide bonds. The van der Waals surface area contributed by atoms with Crippen LogP contribution in [-0.2, 0) is 11.3 Å². The zero-order valence-corrected chi connectivity index (χ0v) is 15.4. The Kier molecular flexibility index (Phi) is 5.50. The van der Waals surface area contributed by atoms with Crippen molar-refractivity contribution < 1.29 is 14.2 Å². The maximum Gasteiger partial charge on any atom is 0.225 e. The topological polar surface area (TPSA) is 61.7 Å². The molecule has 0 radical (unpaired) electrons. The van der Waals surface area contributed by atoms with E-state index < -0.39 is 0 Å². The Morgan fingerprint density at radius 2 is 1.74 bits per heavy atom. The Hall–Kier alpha value is -2.25. The van der Waals surface area contributed by atoms with Gasteiger partial charge in [-0.25, -0.2) is 14.4 Å². The minimum absolute atomic E-state index is 0.182. The second-order valence-electron chi connectivity index (χ2n) is 7.08. The number of aliphatic hydroxyl groups is 1. The number of halogens is 1. The van der Waals surface area contributed by atoms with Gasteiger partial charge in [0.1, 0.15) is 5.82 Å². The summed E-state index contributed by atoms with van der Waals surface area (Å²) >= 11 is 0. The molecular formula is C20H25FN4O2. The second kappa shape index (κ2) is 8.19. The summed E-state index contributed by atoms with van der Waals surface area (Å²) in [5, 5.41) is 9.28. The molecule has 2 saturated heterocycles. The maximum atomic E-state index is 14.5. The standard InChI is InChI=1S/C20H25FN4O2/c21-19-16(14-26)2-1-3-18(19)15-4-6-24(7-5-15)17-12-22-20(23-13-17)25-8-10-27-11-9-25/h1-3,12-13,15,26H,4-11,14H2. The van der Waals surface area contributed by atoms with Crippen LogP contribution in [0.25, 0.3) is 0 Å². The van der Waals surface area contributed by atoms with E-state index in [0.717, 1.165) is 56.2 Å². The Morgan fingerprint density at radius 3 is 2.41 bits per heavy atom. The largest absolute Gasteiger partial charge is 0.392 e. The quantitative estimate of drug-likeness (QED) is 0.889. The first-order valence-electron chi connectivity index (χ1n) is 9.54. The lowest BCUT2D eigenvalue weighted by molar-refractivity contribution is 0.122. The Labute approximate surface area is 158 Å². The molecule has 3 heterocycles. The van der Waals surface area contributed by atoms with Gasteiger partial charge in [0.25, 0.3) is 0 Å². The number of nitrogens with zero attached hydrogens (tertiary/aromatic N) is 4. The summed E-state index contributed by atoms with van der Waals surface area (Å²) in [6, 6.07) is 5.31. The minimum atomic E-state index is -0.259. The fourth-order valence-electron chi connectivity index (χ4n) is 3.89. The molecule has 0 aliphatic carbocycles. The molecule has 0 spiro atoms. The number of ether oxygens (including phenoxy) is 1. The van der Waals surface area contributed by atoms with Crippen LogP contribution in [0.4, 0.5) is 16.0 Å². The molecule has 6 nitrogen and oxygen atoms in total. The molecule has 0 atom stereocenters. The van der Waals surface area contributed by atoms with Crippen molar-refractivity contribution in [2.24, 2.45) is 0 Å². The van der Waals surface area contributed by atoms with E-state index in [1.165, 1.54) is 0 Å². The van der Waals surface area contributed by atoms with Crippen LogP contribution in [0.15, 0.2) is 30.6 Å². The lowest BCUT2D eigenvalue weighted by Gasteiger charge is -2.34. The second-order valence-corrected chi connectivity index (χ2v) is 7.08. The predicted octanol–water partition coefficient (Wildman–Crippen LogP) is 2.33. The highest BCUT2D eigenvalue weighted by atomic mass is 19.1. The fourth-order valence-corrected chi connectivity index (χ4v) is 3.89. The number of hydrogen-bond acceptors (Lipinski definition) is 6. The third-order valence-corrected chi connectivity index (χ3v) is 5.50. The van der Waals surface area contributed by atoms with Gasteiger partial charge in [-0.15, -0.1) is 0 Å². The van der Waals surface area contributed by atoms with E-state index in [9.17, 15) is 9.50 Å². The van der Waals surface area contributed by atoms with Gasteiger partial charge in [0, 0.05) is 31.7 Å². The van der Waals surface area contributed by atoms with Gasteiger partial charge in [0.15, 0.2) is 0 Å². The van der Waals surface area contributed by atoms with Crippen LogP contribution < -0.4 is 9.80 Å². The number of aliphatic hydroxyl groups excluding tert-OH is 1. The van der Waals surface area contributed by atoms with Crippen molar-refractivity contribution in [1.82, 2.24) is 9.97 Å². The van der Waals surface area contributed by atoms with Gasteiger partial charge in [-0.1, -0.05) is 18.2 Å². The summed E-state index contributed by atoms with van der Waals surface area (Å²) in [6.45, 7) is 4.50. The number of piperidine rings is 1. The molecule has 0 unspecified atom stereocenters. The lowest BCUT2D eigenvalue weighted by Crippen LogP contribution is -2.37. The van der Waals surface area contributed by atoms with E-state index in [2.05, 4.69) is 19.8 Å². The highest BCUT2D eigenvalue weighted by Gasteiger charge is 2.24. The van der Waals surface area contributed by atoms with Crippen molar-refractivity contribution in [3.63, 3.8) is 0 Å². The van der Waals surface area contributed by atoms with E-state index in [4.69, 9.17) is 4.74 Å². The number of rotatable bonds is 4. The molecule has 1 N–H and O–H groups in total. The highest BCUT2D eigenvalue weighted by Crippen LogP contribution is 2.32. The molecule has 7 heteroatoms. The first kappa shape index (κ1) is 18.1. The molecule has 2 aliphatic heterocycles. The minimum Gasteiger partial charge on any atom is -0.392 e. The van der Waals surface area contributed by atoms with Crippen LogP contribution in [0.1, 0.15) is 29.9 Å². The van der Waals surface area contributed by atoms with Crippen molar-refractivity contribution in [1.29, 1.82) is 0 Å². The molecule has 144 valence electrons. The number of aromatic nitrogens is 2. The van der Waals surface area contributed by atoms with Crippen molar-refractivity contribution in [3.8, 4) is 0 Å². The van der Waals surface area contributed by atoms with Crippen molar-refractivity contribution in [3.05, 3.63) is 47.5 Å². The van der Waals surface area contributed by atoms with Crippen LogP contribution >= 0.6 is 0 Å².